The molecule has 0 radical (unpaired) electrons. The summed E-state index contributed by atoms with van der Waals surface area (Å²) in [6, 6.07) is 8.86. The van der Waals surface area contributed by atoms with Gasteiger partial charge in [0.2, 0.25) is 0 Å². The molecule has 108 valence electrons. The van der Waals surface area contributed by atoms with Crippen molar-refractivity contribution in [2.45, 2.75) is 12.8 Å². The number of nitriles is 1. The summed E-state index contributed by atoms with van der Waals surface area (Å²) in [4.78, 5) is 16.0. The fraction of sp³-hybridized carbons (Fsp3) is 0.267. The molecule has 2 aromatic rings. The molecular formula is C15H15N3O2S. The summed E-state index contributed by atoms with van der Waals surface area (Å²) in [6.07, 6.45) is 1.75. The minimum absolute atomic E-state index is 0.108. The molecule has 1 amide bonds. The highest BCUT2D eigenvalue weighted by atomic mass is 32.1. The average Bonchev–Trinajstić information content (AvgIpc) is 3.05. The number of nitrogens with one attached hydrogen (secondary N) is 1. The molecule has 0 aliphatic heterocycles. The van der Waals surface area contributed by atoms with E-state index in [-0.39, 0.29) is 18.4 Å². The molecule has 6 heteroatoms. The molecule has 5 nitrogen and oxygen atoms in total. The van der Waals surface area contributed by atoms with E-state index >= 15 is 0 Å². The molecule has 1 N–H and O–H groups in total. The summed E-state index contributed by atoms with van der Waals surface area (Å²) in [5, 5.41) is 14.6. The zero-order chi connectivity index (χ0) is 15.1. The molecule has 21 heavy (non-hydrogen) atoms. The van der Waals surface area contributed by atoms with Crippen LogP contribution in [-0.2, 0) is 4.79 Å². The Morgan fingerprint density at radius 2 is 2.33 bits per heavy atom. The molecular weight excluding hydrogens is 286 g/mol. The summed E-state index contributed by atoms with van der Waals surface area (Å²) >= 11 is 1.57. The second-order valence-electron chi connectivity index (χ2n) is 4.47. The lowest BCUT2D eigenvalue weighted by molar-refractivity contribution is -0.123. The highest BCUT2D eigenvalue weighted by molar-refractivity contribution is 7.09. The number of nitrogens with zero attached hydrogens (tertiary/aromatic N) is 2. The lowest BCUT2D eigenvalue weighted by atomic mass is 10.2. The third kappa shape index (κ3) is 4.29. The van der Waals surface area contributed by atoms with Crippen LogP contribution < -0.4 is 10.1 Å². The van der Waals surface area contributed by atoms with Crippen LogP contribution in [0.25, 0.3) is 0 Å². The SMILES string of the molecule is CC(CNC(=O)COc1ccccc1C#N)c1nccs1. The predicted octanol–water partition coefficient (Wildman–Crippen LogP) is 2.31. The van der Waals surface area contributed by atoms with Gasteiger partial charge in [-0.05, 0) is 12.1 Å². The van der Waals surface area contributed by atoms with Crippen molar-refractivity contribution in [3.05, 3.63) is 46.4 Å². The molecule has 1 aromatic heterocycles. The van der Waals surface area contributed by atoms with Crippen LogP contribution in [0.15, 0.2) is 35.8 Å². The Labute approximate surface area is 127 Å². The van der Waals surface area contributed by atoms with Crippen molar-refractivity contribution < 1.29 is 9.53 Å². The Morgan fingerprint density at radius 1 is 1.52 bits per heavy atom. The normalized spacial score (nSPS) is 11.4. The van der Waals surface area contributed by atoms with Gasteiger partial charge in [0.05, 0.1) is 10.6 Å². The van der Waals surface area contributed by atoms with Crippen LogP contribution in [-0.4, -0.2) is 24.0 Å². The van der Waals surface area contributed by atoms with Gasteiger partial charge in [0.1, 0.15) is 11.8 Å². The van der Waals surface area contributed by atoms with E-state index in [1.807, 2.05) is 18.4 Å². The lowest BCUT2D eigenvalue weighted by Gasteiger charge is -2.11. The highest BCUT2D eigenvalue weighted by Gasteiger charge is 2.11. The Balaban J connectivity index is 1.79. The maximum atomic E-state index is 11.8. The molecule has 2 rings (SSSR count). The van der Waals surface area contributed by atoms with E-state index in [4.69, 9.17) is 10.00 Å². The van der Waals surface area contributed by atoms with Crippen LogP contribution in [0.3, 0.4) is 0 Å². The molecule has 0 aliphatic carbocycles. The number of benzene rings is 1. The Morgan fingerprint density at radius 3 is 3.05 bits per heavy atom. The van der Waals surface area contributed by atoms with Crippen molar-refractivity contribution in [1.29, 1.82) is 5.26 Å². The van der Waals surface area contributed by atoms with Crippen molar-refractivity contribution in [3.8, 4) is 11.8 Å². The van der Waals surface area contributed by atoms with E-state index in [1.54, 1.807) is 41.8 Å². The van der Waals surface area contributed by atoms with Crippen molar-refractivity contribution >= 4 is 17.2 Å². The standard InChI is InChI=1S/C15H15N3O2S/c1-11(15-17-6-7-21-15)9-18-14(19)10-20-13-5-3-2-4-12(13)8-16/h2-7,11H,9-10H2,1H3,(H,18,19). The number of amides is 1. The molecule has 1 heterocycles. The molecule has 0 saturated heterocycles. The first kappa shape index (κ1) is 15.0. The number of carbonyl (C=O) groups is 1. The van der Waals surface area contributed by atoms with E-state index in [2.05, 4.69) is 10.3 Å². The molecule has 0 fully saturated rings. The Hall–Kier alpha value is -2.39. The second-order valence-corrected chi connectivity index (χ2v) is 5.40. The number of thiazole rings is 1. The first-order valence-corrected chi connectivity index (χ1v) is 7.36. The van der Waals surface area contributed by atoms with Crippen LogP contribution in [0, 0.1) is 11.3 Å². The quantitative estimate of drug-likeness (QED) is 0.888. The first-order valence-electron chi connectivity index (χ1n) is 6.48. The van der Waals surface area contributed by atoms with Crippen LogP contribution in [0.2, 0.25) is 0 Å². The summed E-state index contributed by atoms with van der Waals surface area (Å²) in [5.41, 5.74) is 0.418. The Kier molecular flexibility index (Phi) is 5.29. The van der Waals surface area contributed by atoms with Crippen LogP contribution in [0.1, 0.15) is 23.4 Å². The van der Waals surface area contributed by atoms with Gasteiger partial charge in [-0.1, -0.05) is 19.1 Å². The van der Waals surface area contributed by atoms with Gasteiger partial charge in [0.25, 0.3) is 5.91 Å². The number of hydrogen-bond donors (Lipinski definition) is 1. The van der Waals surface area contributed by atoms with Crippen molar-refractivity contribution in [2.24, 2.45) is 0 Å². The van der Waals surface area contributed by atoms with Crippen molar-refractivity contribution in [3.63, 3.8) is 0 Å². The van der Waals surface area contributed by atoms with E-state index in [0.717, 1.165) is 5.01 Å². The highest BCUT2D eigenvalue weighted by Crippen LogP contribution is 2.17. The monoisotopic (exact) mass is 301 g/mol. The first-order chi connectivity index (χ1) is 10.2. The number of ether oxygens (including phenoxy) is 1. The number of aromatic nitrogens is 1. The summed E-state index contributed by atoms with van der Waals surface area (Å²) in [5.74, 6) is 0.370. The van der Waals surface area contributed by atoms with Crippen LogP contribution in [0.5, 0.6) is 5.75 Å². The molecule has 0 spiro atoms. The zero-order valence-corrected chi connectivity index (χ0v) is 12.4. The molecule has 0 saturated carbocycles. The second kappa shape index (κ2) is 7.41. The minimum Gasteiger partial charge on any atom is -0.482 e. The van der Waals surface area contributed by atoms with Crippen LogP contribution in [0.4, 0.5) is 0 Å². The lowest BCUT2D eigenvalue weighted by Crippen LogP contribution is -2.31. The van der Waals surface area contributed by atoms with Crippen molar-refractivity contribution in [1.82, 2.24) is 10.3 Å². The molecule has 1 aromatic carbocycles. The van der Waals surface area contributed by atoms with Gasteiger partial charge in [-0.15, -0.1) is 11.3 Å². The molecule has 1 unspecified atom stereocenters. The van der Waals surface area contributed by atoms with Crippen LogP contribution >= 0.6 is 11.3 Å². The number of rotatable bonds is 6. The molecule has 0 aliphatic rings. The third-order valence-electron chi connectivity index (χ3n) is 2.84. The van der Waals surface area contributed by atoms with Gasteiger partial charge in [-0.3, -0.25) is 4.79 Å². The van der Waals surface area contributed by atoms with Gasteiger partial charge in [0, 0.05) is 24.0 Å². The molecule has 1 atom stereocenters. The maximum absolute atomic E-state index is 11.8. The maximum Gasteiger partial charge on any atom is 0.257 e. The number of para-hydroxylation sites is 1. The van der Waals surface area contributed by atoms with Gasteiger partial charge in [-0.2, -0.15) is 5.26 Å². The topological polar surface area (TPSA) is 75.0 Å². The summed E-state index contributed by atoms with van der Waals surface area (Å²) in [7, 11) is 0. The summed E-state index contributed by atoms with van der Waals surface area (Å²) < 4.78 is 5.37. The third-order valence-corrected chi connectivity index (χ3v) is 3.85. The van der Waals surface area contributed by atoms with E-state index < -0.39 is 0 Å². The molecule has 0 bridgehead atoms. The van der Waals surface area contributed by atoms with E-state index in [0.29, 0.717) is 17.9 Å². The van der Waals surface area contributed by atoms with Gasteiger partial charge < -0.3 is 10.1 Å². The van der Waals surface area contributed by atoms with Crippen molar-refractivity contribution in [2.75, 3.05) is 13.2 Å². The van der Waals surface area contributed by atoms with E-state index in [9.17, 15) is 4.79 Å². The largest absolute Gasteiger partial charge is 0.482 e. The van der Waals surface area contributed by atoms with Gasteiger partial charge in [-0.25, -0.2) is 4.98 Å². The fourth-order valence-electron chi connectivity index (χ4n) is 1.71. The predicted molar refractivity (Wildman–Crippen MR) is 80.2 cm³/mol. The van der Waals surface area contributed by atoms with Gasteiger partial charge >= 0.3 is 0 Å². The number of carbonyl (C=O) groups excluding carboxylic acids is 1. The number of hydrogen-bond acceptors (Lipinski definition) is 5. The van der Waals surface area contributed by atoms with Gasteiger partial charge in [0.15, 0.2) is 6.61 Å². The zero-order valence-electron chi connectivity index (χ0n) is 11.6. The Bertz CT molecular complexity index is 635. The summed E-state index contributed by atoms with van der Waals surface area (Å²) in [6.45, 7) is 2.41. The average molecular weight is 301 g/mol. The smallest absolute Gasteiger partial charge is 0.257 e. The minimum atomic E-state index is -0.217. The van der Waals surface area contributed by atoms with E-state index in [1.165, 1.54) is 0 Å². The fourth-order valence-corrected chi connectivity index (χ4v) is 2.41.